The monoisotopic (exact) mass is 304 g/mol. The van der Waals surface area contributed by atoms with E-state index in [1.807, 2.05) is 10.6 Å². The van der Waals surface area contributed by atoms with E-state index in [4.69, 9.17) is 4.74 Å². The van der Waals surface area contributed by atoms with Gasteiger partial charge < -0.3 is 14.2 Å². The summed E-state index contributed by atoms with van der Waals surface area (Å²) in [6, 6.07) is 0. The lowest BCUT2D eigenvalue weighted by Crippen LogP contribution is -2.70. The van der Waals surface area contributed by atoms with Crippen molar-refractivity contribution in [3.8, 4) is 0 Å². The van der Waals surface area contributed by atoms with Crippen LogP contribution in [0.25, 0.3) is 0 Å². The molecule has 0 atom stereocenters. The van der Waals surface area contributed by atoms with Crippen LogP contribution in [-0.2, 0) is 23.8 Å². The zero-order valence-corrected chi connectivity index (χ0v) is 12.5. The highest BCUT2D eigenvalue weighted by molar-refractivity contribution is 6.11. The summed E-state index contributed by atoms with van der Waals surface area (Å²) in [4.78, 5) is 46.9. The van der Waals surface area contributed by atoms with Crippen molar-refractivity contribution in [3.63, 3.8) is 0 Å². The smallest absolute Gasteiger partial charge is 0.409 e. The minimum Gasteiger partial charge on any atom is -0.462 e. The van der Waals surface area contributed by atoms with Crippen molar-refractivity contribution in [1.82, 2.24) is 10.6 Å². The maximum Gasteiger partial charge on any atom is 0.409 e. The zero-order chi connectivity index (χ0) is 16.5. The van der Waals surface area contributed by atoms with Gasteiger partial charge in [-0.1, -0.05) is 0 Å². The van der Waals surface area contributed by atoms with Crippen LogP contribution in [0.2, 0.25) is 0 Å². The third kappa shape index (κ3) is 5.28. The van der Waals surface area contributed by atoms with Gasteiger partial charge in [-0.2, -0.15) is 0 Å². The molecule has 0 rings (SSSR count). The molecule has 0 aliphatic rings. The standard InChI is InChI=1S/C12H20N2O7/c1-5-19-9(16)12(8(4)15,13-10(17)20-6-2)14-11(18)21-7-3/h5-7H2,1-4H3,(H,13,17)(H,14,18). The van der Waals surface area contributed by atoms with Crippen molar-refractivity contribution >= 4 is 23.9 Å². The summed E-state index contributed by atoms with van der Waals surface area (Å²) in [7, 11) is 0. The van der Waals surface area contributed by atoms with Crippen molar-refractivity contribution in [2.75, 3.05) is 19.8 Å². The van der Waals surface area contributed by atoms with Gasteiger partial charge in [0.1, 0.15) is 0 Å². The molecule has 120 valence electrons. The van der Waals surface area contributed by atoms with E-state index >= 15 is 0 Å². The normalized spacial score (nSPS) is 10.3. The number of alkyl carbamates (subject to hydrolysis) is 2. The summed E-state index contributed by atoms with van der Waals surface area (Å²) in [5, 5.41) is 4.02. The summed E-state index contributed by atoms with van der Waals surface area (Å²) in [6.07, 6.45) is -2.12. The van der Waals surface area contributed by atoms with E-state index in [1.165, 1.54) is 20.8 Å². The van der Waals surface area contributed by atoms with Crippen LogP contribution in [0.4, 0.5) is 9.59 Å². The van der Waals surface area contributed by atoms with Crippen molar-refractivity contribution < 1.29 is 33.4 Å². The molecule has 9 heteroatoms. The molecule has 0 aromatic heterocycles. The fraction of sp³-hybridized carbons (Fsp3) is 0.667. The highest BCUT2D eigenvalue weighted by atomic mass is 16.6. The fourth-order valence-electron chi connectivity index (χ4n) is 1.33. The number of carbonyl (C=O) groups excluding carboxylic acids is 4. The van der Waals surface area contributed by atoms with Gasteiger partial charge in [-0.15, -0.1) is 0 Å². The molecule has 0 aliphatic heterocycles. The first-order chi connectivity index (χ1) is 9.83. The number of amides is 2. The molecule has 0 heterocycles. The molecular weight excluding hydrogens is 284 g/mol. The van der Waals surface area contributed by atoms with Crippen molar-refractivity contribution in [1.29, 1.82) is 0 Å². The lowest BCUT2D eigenvalue weighted by molar-refractivity contribution is -0.156. The van der Waals surface area contributed by atoms with Crippen LogP contribution >= 0.6 is 0 Å². The average Bonchev–Trinajstić information content (AvgIpc) is 2.38. The Kier molecular flexibility index (Phi) is 7.80. The maximum atomic E-state index is 12.0. The summed E-state index contributed by atoms with van der Waals surface area (Å²) in [5.41, 5.74) is -2.39. The number of hydrogen-bond donors (Lipinski definition) is 2. The van der Waals surface area contributed by atoms with E-state index in [0.29, 0.717) is 0 Å². The molecule has 0 aliphatic carbocycles. The summed E-state index contributed by atoms with van der Waals surface area (Å²) in [5.74, 6) is -2.00. The Morgan fingerprint density at radius 3 is 1.48 bits per heavy atom. The van der Waals surface area contributed by atoms with Crippen LogP contribution < -0.4 is 10.6 Å². The summed E-state index contributed by atoms with van der Waals surface area (Å²) >= 11 is 0. The molecule has 0 saturated carbocycles. The van der Waals surface area contributed by atoms with Crippen LogP contribution in [0.3, 0.4) is 0 Å². The number of nitrogens with one attached hydrogen (secondary N) is 2. The Hall–Kier alpha value is -2.32. The Labute approximate surface area is 122 Å². The molecule has 0 spiro atoms. The second kappa shape index (κ2) is 8.77. The third-order valence-corrected chi connectivity index (χ3v) is 2.24. The second-order valence-electron chi connectivity index (χ2n) is 3.72. The summed E-state index contributed by atoms with van der Waals surface area (Å²) in [6.45, 7) is 5.58. The van der Waals surface area contributed by atoms with Crippen LogP contribution in [0, 0.1) is 0 Å². The third-order valence-electron chi connectivity index (χ3n) is 2.24. The molecule has 2 N–H and O–H groups in total. The SMILES string of the molecule is CCOC(=O)NC(NC(=O)OCC)(C(C)=O)C(=O)OCC. The molecule has 0 aromatic rings. The van der Waals surface area contributed by atoms with E-state index in [2.05, 4.69) is 9.47 Å². The minimum absolute atomic E-state index is 0.0159. The highest BCUT2D eigenvalue weighted by Gasteiger charge is 2.49. The van der Waals surface area contributed by atoms with Crippen LogP contribution in [0.5, 0.6) is 0 Å². The van der Waals surface area contributed by atoms with Crippen molar-refractivity contribution in [2.24, 2.45) is 0 Å². The van der Waals surface area contributed by atoms with Gasteiger partial charge in [-0.25, -0.2) is 14.4 Å². The zero-order valence-electron chi connectivity index (χ0n) is 12.5. The molecule has 0 unspecified atom stereocenters. The van der Waals surface area contributed by atoms with E-state index in [0.717, 1.165) is 6.92 Å². The van der Waals surface area contributed by atoms with Gasteiger partial charge >= 0.3 is 18.2 Å². The Balaban J connectivity index is 5.43. The first kappa shape index (κ1) is 18.7. The van der Waals surface area contributed by atoms with Gasteiger partial charge in [0, 0.05) is 0 Å². The van der Waals surface area contributed by atoms with Gasteiger partial charge in [0.05, 0.1) is 19.8 Å². The number of esters is 1. The van der Waals surface area contributed by atoms with E-state index in [9.17, 15) is 19.2 Å². The largest absolute Gasteiger partial charge is 0.462 e. The number of ketones is 1. The molecule has 0 aromatic carbocycles. The molecule has 0 fully saturated rings. The minimum atomic E-state index is -2.39. The first-order valence-corrected chi connectivity index (χ1v) is 6.42. The second-order valence-corrected chi connectivity index (χ2v) is 3.72. The molecule has 21 heavy (non-hydrogen) atoms. The fourth-order valence-corrected chi connectivity index (χ4v) is 1.33. The molecule has 0 bridgehead atoms. The topological polar surface area (TPSA) is 120 Å². The number of rotatable bonds is 7. The lowest BCUT2D eigenvalue weighted by atomic mass is 10.1. The van der Waals surface area contributed by atoms with Gasteiger partial charge in [0.25, 0.3) is 5.66 Å². The number of ether oxygens (including phenoxy) is 3. The molecule has 9 nitrogen and oxygen atoms in total. The number of carbonyl (C=O) groups is 4. The molecule has 2 amide bonds. The van der Waals surface area contributed by atoms with Crippen LogP contribution in [0.15, 0.2) is 0 Å². The first-order valence-electron chi connectivity index (χ1n) is 6.42. The van der Waals surface area contributed by atoms with E-state index < -0.39 is 29.6 Å². The van der Waals surface area contributed by atoms with Crippen molar-refractivity contribution in [2.45, 2.75) is 33.4 Å². The van der Waals surface area contributed by atoms with E-state index in [1.54, 1.807) is 0 Å². The van der Waals surface area contributed by atoms with Gasteiger partial charge in [-0.3, -0.25) is 15.4 Å². The predicted octanol–water partition coefficient (Wildman–Crippen LogP) is 0.327. The molecular formula is C12H20N2O7. The van der Waals surface area contributed by atoms with Crippen LogP contribution in [-0.4, -0.2) is 49.4 Å². The Morgan fingerprint density at radius 1 is 0.810 bits per heavy atom. The molecule has 0 saturated heterocycles. The Morgan fingerprint density at radius 2 is 1.19 bits per heavy atom. The maximum absolute atomic E-state index is 12.0. The molecule has 0 radical (unpaired) electrons. The number of Topliss-reactive ketones (excluding diaryl/α,β-unsaturated/α-hetero) is 1. The van der Waals surface area contributed by atoms with Crippen LogP contribution in [0.1, 0.15) is 27.7 Å². The van der Waals surface area contributed by atoms with E-state index in [-0.39, 0.29) is 19.8 Å². The summed E-state index contributed by atoms with van der Waals surface area (Å²) < 4.78 is 14.0. The highest BCUT2D eigenvalue weighted by Crippen LogP contribution is 2.08. The lowest BCUT2D eigenvalue weighted by Gasteiger charge is -2.29. The van der Waals surface area contributed by atoms with Crippen molar-refractivity contribution in [3.05, 3.63) is 0 Å². The Bertz CT molecular complexity index is 388. The quantitative estimate of drug-likeness (QED) is 0.301. The predicted molar refractivity (Wildman–Crippen MR) is 70.4 cm³/mol. The van der Waals surface area contributed by atoms with Gasteiger partial charge in [0.2, 0.25) is 0 Å². The average molecular weight is 304 g/mol. The van der Waals surface area contributed by atoms with Gasteiger partial charge in [0.15, 0.2) is 5.78 Å². The number of hydrogen-bond acceptors (Lipinski definition) is 7. The van der Waals surface area contributed by atoms with Gasteiger partial charge in [-0.05, 0) is 27.7 Å².